The van der Waals surface area contributed by atoms with Crippen LogP contribution in [0.1, 0.15) is 24.0 Å². The van der Waals surface area contributed by atoms with Gasteiger partial charge in [-0.15, -0.1) is 0 Å². The fourth-order valence-electron chi connectivity index (χ4n) is 2.22. The van der Waals surface area contributed by atoms with Crippen LogP contribution in [-0.2, 0) is 16.1 Å². The predicted molar refractivity (Wildman–Crippen MR) is 102 cm³/mol. The van der Waals surface area contributed by atoms with Crippen LogP contribution in [0.3, 0.4) is 0 Å². The van der Waals surface area contributed by atoms with E-state index in [0.717, 1.165) is 11.1 Å². The number of aliphatic carboxylic acids is 1. The number of rotatable bonds is 10. The van der Waals surface area contributed by atoms with Crippen molar-refractivity contribution in [3.63, 3.8) is 0 Å². The summed E-state index contributed by atoms with van der Waals surface area (Å²) in [6.45, 7) is 2.52. The highest BCUT2D eigenvalue weighted by Gasteiger charge is 2.05. The minimum atomic E-state index is -0.833. The van der Waals surface area contributed by atoms with Gasteiger partial charge in [-0.2, -0.15) is 0 Å². The van der Waals surface area contributed by atoms with E-state index >= 15 is 0 Å². The fourth-order valence-corrected chi connectivity index (χ4v) is 2.34. The van der Waals surface area contributed by atoms with Crippen LogP contribution in [0.4, 0.5) is 0 Å². The van der Waals surface area contributed by atoms with E-state index in [0.29, 0.717) is 36.1 Å². The molecule has 0 aliphatic rings. The third kappa shape index (κ3) is 7.58. The Bertz CT molecular complexity index is 776. The van der Waals surface area contributed by atoms with Crippen molar-refractivity contribution in [2.45, 2.75) is 26.3 Å². The molecule has 2 N–H and O–H groups in total. The van der Waals surface area contributed by atoms with Gasteiger partial charge in [0, 0.05) is 18.0 Å². The molecule has 0 unspecified atom stereocenters. The smallest absolute Gasteiger partial charge is 0.303 e. The van der Waals surface area contributed by atoms with E-state index in [-0.39, 0.29) is 18.9 Å². The average Bonchev–Trinajstić information content (AvgIpc) is 2.65. The van der Waals surface area contributed by atoms with Crippen molar-refractivity contribution in [3.8, 4) is 11.5 Å². The third-order valence-corrected chi connectivity index (χ3v) is 4.14. The van der Waals surface area contributed by atoms with Crippen LogP contribution in [0.15, 0.2) is 42.5 Å². The molecule has 0 spiro atoms. The van der Waals surface area contributed by atoms with Crippen LogP contribution in [0.5, 0.6) is 11.5 Å². The van der Waals surface area contributed by atoms with Crippen LogP contribution in [-0.4, -0.2) is 30.2 Å². The molecule has 0 bridgehead atoms. The molecule has 0 radical (unpaired) electrons. The Morgan fingerprint density at radius 2 is 1.78 bits per heavy atom. The van der Waals surface area contributed by atoms with Gasteiger partial charge in [0.05, 0.1) is 6.61 Å². The summed E-state index contributed by atoms with van der Waals surface area (Å²) in [5, 5.41) is 12.0. The number of benzene rings is 2. The predicted octanol–water partition coefficient (Wildman–Crippen LogP) is 3.59. The molecule has 0 aromatic heterocycles. The maximum atomic E-state index is 11.9. The van der Waals surface area contributed by atoms with Crippen molar-refractivity contribution in [2.75, 3.05) is 13.2 Å². The van der Waals surface area contributed by atoms with Crippen molar-refractivity contribution < 1.29 is 24.2 Å². The summed E-state index contributed by atoms with van der Waals surface area (Å²) in [7, 11) is 0. The normalized spacial score (nSPS) is 10.3. The largest absolute Gasteiger partial charge is 0.494 e. The Labute approximate surface area is 163 Å². The molecule has 0 aliphatic carbocycles. The number of halogens is 1. The lowest BCUT2D eigenvalue weighted by atomic mass is 10.2. The van der Waals surface area contributed by atoms with Gasteiger partial charge in [-0.1, -0.05) is 23.7 Å². The van der Waals surface area contributed by atoms with E-state index in [4.69, 9.17) is 26.2 Å². The van der Waals surface area contributed by atoms with Gasteiger partial charge in [0.15, 0.2) is 6.61 Å². The number of hydrogen-bond donors (Lipinski definition) is 2. The molecule has 0 fully saturated rings. The molecule has 0 aliphatic heterocycles. The standard InChI is InChI=1S/C20H22ClNO5/c1-14-11-17(8-9-18(14)21)27-13-19(23)22-12-15-4-6-16(7-5-15)26-10-2-3-20(24)25/h4-9,11H,2-3,10,12-13H2,1H3,(H,22,23)(H,24,25). The third-order valence-electron chi connectivity index (χ3n) is 3.72. The Balaban J connectivity index is 1.69. The van der Waals surface area contributed by atoms with E-state index in [2.05, 4.69) is 5.32 Å². The number of amides is 1. The SMILES string of the molecule is Cc1cc(OCC(=O)NCc2ccc(OCCCC(=O)O)cc2)ccc1Cl. The number of carbonyl (C=O) groups is 2. The van der Waals surface area contributed by atoms with Crippen molar-refractivity contribution >= 4 is 23.5 Å². The Morgan fingerprint density at radius 3 is 2.44 bits per heavy atom. The molecule has 7 heteroatoms. The molecular formula is C20H22ClNO5. The van der Waals surface area contributed by atoms with Crippen LogP contribution in [0, 0.1) is 6.92 Å². The van der Waals surface area contributed by atoms with Crippen molar-refractivity contribution in [2.24, 2.45) is 0 Å². The molecule has 27 heavy (non-hydrogen) atoms. The monoisotopic (exact) mass is 391 g/mol. The minimum absolute atomic E-state index is 0.0775. The van der Waals surface area contributed by atoms with Gasteiger partial charge in [0.1, 0.15) is 11.5 Å². The Kier molecular flexibility index (Phi) is 7.95. The number of ether oxygens (including phenoxy) is 2. The van der Waals surface area contributed by atoms with Gasteiger partial charge in [0.25, 0.3) is 5.91 Å². The zero-order valence-corrected chi connectivity index (χ0v) is 15.8. The summed E-state index contributed by atoms with van der Waals surface area (Å²) in [4.78, 5) is 22.3. The van der Waals surface area contributed by atoms with Crippen LogP contribution < -0.4 is 14.8 Å². The maximum absolute atomic E-state index is 11.9. The topological polar surface area (TPSA) is 84.9 Å². The molecule has 144 valence electrons. The quantitative estimate of drug-likeness (QED) is 0.604. The summed E-state index contributed by atoms with van der Waals surface area (Å²) >= 11 is 5.95. The first-order valence-corrected chi connectivity index (χ1v) is 8.91. The van der Waals surface area contributed by atoms with Crippen molar-refractivity contribution in [3.05, 3.63) is 58.6 Å². The second-order valence-corrected chi connectivity index (χ2v) is 6.37. The van der Waals surface area contributed by atoms with Crippen LogP contribution >= 0.6 is 11.6 Å². The van der Waals surface area contributed by atoms with Crippen molar-refractivity contribution in [1.82, 2.24) is 5.32 Å². The summed E-state index contributed by atoms with van der Waals surface area (Å²) < 4.78 is 10.9. The molecule has 2 rings (SSSR count). The summed E-state index contributed by atoms with van der Waals surface area (Å²) in [6.07, 6.45) is 0.544. The number of carbonyl (C=O) groups excluding carboxylic acids is 1. The zero-order chi connectivity index (χ0) is 19.6. The highest BCUT2D eigenvalue weighted by Crippen LogP contribution is 2.20. The minimum Gasteiger partial charge on any atom is -0.494 e. The lowest BCUT2D eigenvalue weighted by molar-refractivity contribution is -0.137. The van der Waals surface area contributed by atoms with Gasteiger partial charge < -0.3 is 19.9 Å². The van der Waals surface area contributed by atoms with Crippen molar-refractivity contribution in [1.29, 1.82) is 0 Å². The van der Waals surface area contributed by atoms with E-state index in [1.54, 1.807) is 30.3 Å². The van der Waals surface area contributed by atoms with E-state index in [1.807, 2.05) is 19.1 Å². The Hall–Kier alpha value is -2.73. The van der Waals surface area contributed by atoms with Gasteiger partial charge in [-0.05, 0) is 54.8 Å². The molecule has 0 saturated heterocycles. The van der Waals surface area contributed by atoms with Gasteiger partial charge >= 0.3 is 5.97 Å². The lowest BCUT2D eigenvalue weighted by Gasteiger charge is -2.09. The molecule has 2 aromatic rings. The summed E-state index contributed by atoms with van der Waals surface area (Å²) in [6, 6.07) is 12.5. The fraction of sp³-hybridized carbons (Fsp3) is 0.300. The molecule has 0 atom stereocenters. The van der Waals surface area contributed by atoms with Gasteiger partial charge in [-0.25, -0.2) is 0 Å². The average molecular weight is 392 g/mol. The van der Waals surface area contributed by atoms with E-state index in [9.17, 15) is 9.59 Å². The first kappa shape index (κ1) is 20.6. The zero-order valence-electron chi connectivity index (χ0n) is 15.0. The first-order chi connectivity index (χ1) is 12.9. The second kappa shape index (κ2) is 10.4. The lowest BCUT2D eigenvalue weighted by Crippen LogP contribution is -2.28. The molecular weight excluding hydrogens is 370 g/mol. The number of nitrogens with one attached hydrogen (secondary N) is 1. The molecule has 2 aromatic carbocycles. The molecule has 1 amide bonds. The van der Waals surface area contributed by atoms with E-state index < -0.39 is 5.97 Å². The number of aryl methyl sites for hydroxylation is 1. The Morgan fingerprint density at radius 1 is 1.07 bits per heavy atom. The summed E-state index contributed by atoms with van der Waals surface area (Å²) in [5.41, 5.74) is 1.81. The number of carboxylic acid groups (broad SMARTS) is 1. The maximum Gasteiger partial charge on any atom is 0.303 e. The second-order valence-electron chi connectivity index (χ2n) is 5.97. The molecule has 6 nitrogen and oxygen atoms in total. The number of hydrogen-bond acceptors (Lipinski definition) is 4. The van der Waals surface area contributed by atoms with Crippen LogP contribution in [0.25, 0.3) is 0 Å². The molecule has 0 heterocycles. The van der Waals surface area contributed by atoms with Gasteiger partial charge in [0.2, 0.25) is 0 Å². The van der Waals surface area contributed by atoms with Gasteiger partial charge in [-0.3, -0.25) is 9.59 Å². The molecule has 0 saturated carbocycles. The van der Waals surface area contributed by atoms with E-state index in [1.165, 1.54) is 0 Å². The van der Waals surface area contributed by atoms with Crippen LogP contribution in [0.2, 0.25) is 5.02 Å². The summed E-state index contributed by atoms with van der Waals surface area (Å²) in [5.74, 6) is 0.199. The highest BCUT2D eigenvalue weighted by molar-refractivity contribution is 6.31. The highest BCUT2D eigenvalue weighted by atomic mass is 35.5. The number of carboxylic acids is 1. The first-order valence-electron chi connectivity index (χ1n) is 8.53.